The van der Waals surface area contributed by atoms with Crippen molar-refractivity contribution in [2.45, 2.75) is 48.8 Å². The molecule has 0 spiro atoms. The lowest BCUT2D eigenvalue weighted by Gasteiger charge is -2.40. The van der Waals surface area contributed by atoms with E-state index in [2.05, 4.69) is 40.1 Å². The molecule has 27 heavy (non-hydrogen) atoms. The van der Waals surface area contributed by atoms with Crippen LogP contribution in [0.15, 0.2) is 35.2 Å². The van der Waals surface area contributed by atoms with E-state index in [1.165, 1.54) is 53.0 Å². The Morgan fingerprint density at radius 1 is 1.00 bits per heavy atom. The van der Waals surface area contributed by atoms with Crippen molar-refractivity contribution < 1.29 is 4.79 Å². The van der Waals surface area contributed by atoms with Crippen molar-refractivity contribution >= 4 is 29.0 Å². The van der Waals surface area contributed by atoms with Crippen molar-refractivity contribution in [3.05, 3.63) is 40.8 Å². The van der Waals surface area contributed by atoms with E-state index in [1.807, 2.05) is 11.8 Å². The average molecular weight is 399 g/mol. The summed E-state index contributed by atoms with van der Waals surface area (Å²) in [7, 11) is 0. The molecular formula is C22H26N2OS2. The summed E-state index contributed by atoms with van der Waals surface area (Å²) in [5, 5.41) is 0. The molecule has 5 heteroatoms. The van der Waals surface area contributed by atoms with Crippen molar-refractivity contribution in [3.8, 4) is 10.4 Å². The molecule has 0 atom stereocenters. The SMILES string of the molecule is O=C(c1cc2c(s1)-c1ccccc1SC2)N1CCN(C2CCCCC2)CC1. The Morgan fingerprint density at radius 3 is 2.59 bits per heavy atom. The third-order valence-corrected chi connectivity index (χ3v) is 8.55. The highest BCUT2D eigenvalue weighted by atomic mass is 32.2. The number of benzene rings is 1. The highest BCUT2D eigenvalue weighted by Crippen LogP contribution is 2.45. The van der Waals surface area contributed by atoms with Gasteiger partial charge in [0.05, 0.1) is 4.88 Å². The van der Waals surface area contributed by atoms with E-state index in [-0.39, 0.29) is 5.91 Å². The molecule has 1 saturated heterocycles. The summed E-state index contributed by atoms with van der Waals surface area (Å²) in [5.74, 6) is 1.21. The second-order valence-corrected chi connectivity index (χ2v) is 9.94. The molecule has 2 aliphatic heterocycles. The van der Waals surface area contributed by atoms with E-state index in [4.69, 9.17) is 0 Å². The lowest BCUT2D eigenvalue weighted by Crippen LogP contribution is -2.52. The second kappa shape index (κ2) is 7.61. The number of carbonyl (C=O) groups excluding carboxylic acids is 1. The maximum Gasteiger partial charge on any atom is 0.264 e. The number of piperazine rings is 1. The zero-order valence-corrected chi connectivity index (χ0v) is 17.3. The minimum absolute atomic E-state index is 0.236. The lowest BCUT2D eigenvalue weighted by molar-refractivity contribution is 0.0527. The molecule has 2 aromatic rings. The first-order valence-corrected chi connectivity index (χ1v) is 12.0. The van der Waals surface area contributed by atoms with Gasteiger partial charge < -0.3 is 4.90 Å². The molecule has 3 nitrogen and oxygen atoms in total. The van der Waals surface area contributed by atoms with Gasteiger partial charge in [-0.1, -0.05) is 37.5 Å². The Hall–Kier alpha value is -1.30. The topological polar surface area (TPSA) is 23.6 Å². The Morgan fingerprint density at radius 2 is 1.78 bits per heavy atom. The van der Waals surface area contributed by atoms with Crippen molar-refractivity contribution in [2.75, 3.05) is 26.2 Å². The highest BCUT2D eigenvalue weighted by molar-refractivity contribution is 7.98. The molecule has 3 aliphatic rings. The van der Waals surface area contributed by atoms with Gasteiger partial charge in [0.2, 0.25) is 0 Å². The van der Waals surface area contributed by atoms with E-state index < -0.39 is 0 Å². The highest BCUT2D eigenvalue weighted by Gasteiger charge is 2.29. The number of amides is 1. The summed E-state index contributed by atoms with van der Waals surface area (Å²) in [6, 6.07) is 11.5. The number of thiophene rings is 1. The number of nitrogens with zero attached hydrogens (tertiary/aromatic N) is 2. The second-order valence-electron chi connectivity index (χ2n) is 7.87. The predicted octanol–water partition coefficient (Wildman–Crippen LogP) is 5.11. The summed E-state index contributed by atoms with van der Waals surface area (Å²) in [5.41, 5.74) is 2.63. The molecule has 0 bridgehead atoms. The summed E-state index contributed by atoms with van der Waals surface area (Å²) in [6.45, 7) is 3.84. The first kappa shape index (κ1) is 17.8. The molecular weight excluding hydrogens is 372 g/mol. The van der Waals surface area contributed by atoms with Crippen LogP contribution in [0, 0.1) is 0 Å². The first-order chi connectivity index (χ1) is 13.3. The van der Waals surface area contributed by atoms with Gasteiger partial charge in [-0.15, -0.1) is 23.1 Å². The smallest absolute Gasteiger partial charge is 0.264 e. The molecule has 142 valence electrons. The number of hydrogen-bond acceptors (Lipinski definition) is 4. The standard InChI is InChI=1S/C22H26N2OS2/c25-22(24-12-10-23(11-13-24)17-6-2-1-3-7-17)20-14-16-15-26-19-9-5-4-8-18(19)21(16)27-20/h4-5,8-9,14,17H,1-3,6-7,10-13,15H2. The van der Waals surface area contributed by atoms with Crippen LogP contribution in [0.4, 0.5) is 0 Å². The molecule has 1 aromatic heterocycles. The third kappa shape index (κ3) is 3.45. The predicted molar refractivity (Wildman–Crippen MR) is 114 cm³/mol. The van der Waals surface area contributed by atoms with Crippen molar-refractivity contribution in [3.63, 3.8) is 0 Å². The van der Waals surface area contributed by atoms with Crippen molar-refractivity contribution in [1.82, 2.24) is 9.80 Å². The van der Waals surface area contributed by atoms with Gasteiger partial charge in [0.15, 0.2) is 0 Å². The lowest BCUT2D eigenvalue weighted by atomic mass is 9.94. The van der Waals surface area contributed by atoms with Crippen LogP contribution in [0.2, 0.25) is 0 Å². The first-order valence-electron chi connectivity index (χ1n) is 10.2. The molecule has 5 rings (SSSR count). The molecule has 2 fully saturated rings. The normalized spacial score (nSPS) is 21.0. The number of hydrogen-bond donors (Lipinski definition) is 0. The molecule has 0 radical (unpaired) electrons. The molecule has 1 aliphatic carbocycles. The molecule has 0 N–H and O–H groups in total. The van der Waals surface area contributed by atoms with Crippen LogP contribution >= 0.6 is 23.1 Å². The number of carbonyl (C=O) groups is 1. The van der Waals surface area contributed by atoms with Crippen LogP contribution in [-0.2, 0) is 5.75 Å². The van der Waals surface area contributed by atoms with Crippen LogP contribution in [0.5, 0.6) is 0 Å². The fourth-order valence-corrected chi connectivity index (χ4v) is 7.08. The molecule has 1 aromatic carbocycles. The van der Waals surface area contributed by atoms with Gasteiger partial charge in [0.25, 0.3) is 5.91 Å². The minimum Gasteiger partial charge on any atom is -0.335 e. The largest absolute Gasteiger partial charge is 0.335 e. The Bertz CT molecular complexity index is 833. The molecule has 0 unspecified atom stereocenters. The fraction of sp³-hybridized carbons (Fsp3) is 0.500. The van der Waals surface area contributed by atoms with Crippen LogP contribution in [-0.4, -0.2) is 47.9 Å². The Balaban J connectivity index is 1.28. The number of fused-ring (bicyclic) bond motifs is 3. The zero-order chi connectivity index (χ0) is 18.2. The van der Waals surface area contributed by atoms with E-state index in [0.29, 0.717) is 0 Å². The zero-order valence-electron chi connectivity index (χ0n) is 15.7. The van der Waals surface area contributed by atoms with Gasteiger partial charge in [-0.05, 0) is 30.5 Å². The van der Waals surface area contributed by atoms with Crippen molar-refractivity contribution in [1.29, 1.82) is 0 Å². The van der Waals surface area contributed by atoms with E-state index in [0.717, 1.165) is 42.9 Å². The minimum atomic E-state index is 0.236. The van der Waals surface area contributed by atoms with Crippen LogP contribution < -0.4 is 0 Å². The Kier molecular flexibility index (Phi) is 5.01. The summed E-state index contributed by atoms with van der Waals surface area (Å²) < 4.78 is 0. The summed E-state index contributed by atoms with van der Waals surface area (Å²) in [6.07, 6.45) is 6.86. The molecule has 1 saturated carbocycles. The average Bonchev–Trinajstić information content (AvgIpc) is 3.19. The van der Waals surface area contributed by atoms with Crippen molar-refractivity contribution in [2.24, 2.45) is 0 Å². The molecule has 3 heterocycles. The van der Waals surface area contributed by atoms with Gasteiger partial charge in [0, 0.05) is 53.3 Å². The van der Waals surface area contributed by atoms with E-state index in [1.54, 1.807) is 11.3 Å². The van der Waals surface area contributed by atoms with Crippen LogP contribution in [0.25, 0.3) is 10.4 Å². The summed E-state index contributed by atoms with van der Waals surface area (Å²) >= 11 is 3.57. The third-order valence-electron chi connectivity index (χ3n) is 6.23. The van der Waals surface area contributed by atoms with Gasteiger partial charge in [-0.2, -0.15) is 0 Å². The quantitative estimate of drug-likeness (QED) is 0.702. The maximum atomic E-state index is 13.1. The monoisotopic (exact) mass is 398 g/mol. The van der Waals surface area contributed by atoms with Crippen LogP contribution in [0.1, 0.15) is 47.3 Å². The van der Waals surface area contributed by atoms with Gasteiger partial charge in [-0.3, -0.25) is 9.69 Å². The Labute approximate surface area is 169 Å². The fourth-order valence-electron chi connectivity index (χ4n) is 4.70. The van der Waals surface area contributed by atoms with Gasteiger partial charge in [-0.25, -0.2) is 0 Å². The van der Waals surface area contributed by atoms with E-state index >= 15 is 0 Å². The van der Waals surface area contributed by atoms with Crippen LogP contribution in [0.3, 0.4) is 0 Å². The van der Waals surface area contributed by atoms with Gasteiger partial charge >= 0.3 is 0 Å². The number of rotatable bonds is 2. The van der Waals surface area contributed by atoms with Gasteiger partial charge in [0.1, 0.15) is 0 Å². The maximum absolute atomic E-state index is 13.1. The summed E-state index contributed by atoms with van der Waals surface area (Å²) in [4.78, 5) is 21.4. The number of thioether (sulfide) groups is 1. The van der Waals surface area contributed by atoms with E-state index in [9.17, 15) is 4.79 Å². The molecule has 1 amide bonds.